The number of aliphatic hydroxyl groups excluding tert-OH is 1. The average Bonchev–Trinajstić information content (AvgIpc) is 2.40. The lowest BCUT2D eigenvalue weighted by molar-refractivity contribution is -0.121. The SMILES string of the molecule is O=C1CCC(C(=O)NC2(CO)CCOCC2)=NN1. The van der Waals surface area contributed by atoms with Gasteiger partial charge in [0.2, 0.25) is 5.91 Å². The standard InChI is InChI=1S/C11H17N3O4/c15-7-11(3-5-18-6-4-11)12-10(17)8-1-2-9(16)14-13-8/h15H,1-7H2,(H,12,17)(H,14,16). The maximum atomic E-state index is 12.0. The molecule has 0 unspecified atom stereocenters. The smallest absolute Gasteiger partial charge is 0.268 e. The van der Waals surface area contributed by atoms with Crippen LogP contribution in [0.15, 0.2) is 5.10 Å². The number of hydrogen-bond donors (Lipinski definition) is 3. The van der Waals surface area contributed by atoms with Crippen molar-refractivity contribution >= 4 is 17.5 Å². The molecule has 2 heterocycles. The Morgan fingerprint density at radius 2 is 2.17 bits per heavy atom. The number of amides is 2. The summed E-state index contributed by atoms with van der Waals surface area (Å²) in [5.41, 5.74) is 1.96. The van der Waals surface area contributed by atoms with E-state index in [2.05, 4.69) is 15.8 Å². The van der Waals surface area contributed by atoms with Crippen LogP contribution in [0.4, 0.5) is 0 Å². The molecule has 0 aromatic carbocycles. The number of carbonyl (C=O) groups is 2. The van der Waals surface area contributed by atoms with E-state index in [4.69, 9.17) is 4.74 Å². The summed E-state index contributed by atoms with van der Waals surface area (Å²) in [6.45, 7) is 0.913. The summed E-state index contributed by atoms with van der Waals surface area (Å²) in [5.74, 6) is -0.513. The fourth-order valence-corrected chi connectivity index (χ4v) is 2.04. The van der Waals surface area contributed by atoms with Gasteiger partial charge in [0, 0.05) is 26.1 Å². The molecule has 0 aliphatic carbocycles. The highest BCUT2D eigenvalue weighted by atomic mass is 16.5. The first kappa shape index (κ1) is 13.0. The molecule has 0 atom stereocenters. The summed E-state index contributed by atoms with van der Waals surface area (Å²) in [4.78, 5) is 22.9. The van der Waals surface area contributed by atoms with Gasteiger partial charge in [-0.3, -0.25) is 9.59 Å². The van der Waals surface area contributed by atoms with Gasteiger partial charge in [-0.15, -0.1) is 0 Å². The van der Waals surface area contributed by atoms with Crippen molar-refractivity contribution in [1.29, 1.82) is 0 Å². The number of aliphatic hydroxyl groups is 1. The van der Waals surface area contributed by atoms with Gasteiger partial charge in [0.1, 0.15) is 5.71 Å². The topological polar surface area (TPSA) is 100 Å². The molecule has 0 bridgehead atoms. The Morgan fingerprint density at radius 1 is 1.44 bits per heavy atom. The van der Waals surface area contributed by atoms with E-state index in [1.165, 1.54) is 0 Å². The second-order valence-electron chi connectivity index (χ2n) is 4.60. The first-order chi connectivity index (χ1) is 8.65. The van der Waals surface area contributed by atoms with E-state index in [0.29, 0.717) is 38.2 Å². The van der Waals surface area contributed by atoms with Crippen molar-refractivity contribution < 1.29 is 19.4 Å². The van der Waals surface area contributed by atoms with Crippen LogP contribution in [-0.4, -0.2) is 48.0 Å². The van der Waals surface area contributed by atoms with Crippen LogP contribution in [0.2, 0.25) is 0 Å². The predicted octanol–water partition coefficient (Wildman–Crippen LogP) is -1.09. The van der Waals surface area contributed by atoms with Crippen LogP contribution in [0.25, 0.3) is 0 Å². The van der Waals surface area contributed by atoms with Crippen molar-refractivity contribution in [2.45, 2.75) is 31.2 Å². The van der Waals surface area contributed by atoms with Gasteiger partial charge in [0.25, 0.3) is 5.91 Å². The number of hydrogen-bond acceptors (Lipinski definition) is 5. The zero-order valence-electron chi connectivity index (χ0n) is 10.1. The Kier molecular flexibility index (Phi) is 3.93. The number of hydrazone groups is 1. The average molecular weight is 255 g/mol. The van der Waals surface area contributed by atoms with Gasteiger partial charge >= 0.3 is 0 Å². The molecule has 18 heavy (non-hydrogen) atoms. The third-order valence-electron chi connectivity index (χ3n) is 3.30. The molecule has 0 radical (unpaired) electrons. The molecular formula is C11H17N3O4. The predicted molar refractivity (Wildman–Crippen MR) is 62.8 cm³/mol. The highest BCUT2D eigenvalue weighted by Crippen LogP contribution is 2.20. The molecule has 1 saturated heterocycles. The van der Waals surface area contributed by atoms with Crippen molar-refractivity contribution in [2.75, 3.05) is 19.8 Å². The van der Waals surface area contributed by atoms with Gasteiger partial charge in [0.15, 0.2) is 0 Å². The zero-order chi connectivity index (χ0) is 13.0. The molecule has 2 aliphatic rings. The largest absolute Gasteiger partial charge is 0.394 e. The minimum atomic E-state index is -0.626. The molecule has 7 heteroatoms. The summed E-state index contributed by atoms with van der Waals surface area (Å²) in [5, 5.41) is 16.0. The fourth-order valence-electron chi connectivity index (χ4n) is 2.04. The number of ether oxygens (including phenoxy) is 1. The van der Waals surface area contributed by atoms with E-state index >= 15 is 0 Å². The van der Waals surface area contributed by atoms with Crippen LogP contribution in [0.3, 0.4) is 0 Å². The van der Waals surface area contributed by atoms with Crippen molar-refractivity contribution in [1.82, 2.24) is 10.7 Å². The summed E-state index contributed by atoms with van der Waals surface area (Å²) < 4.78 is 5.22. The molecule has 3 N–H and O–H groups in total. The summed E-state index contributed by atoms with van der Waals surface area (Å²) in [7, 11) is 0. The third kappa shape index (κ3) is 2.85. The van der Waals surface area contributed by atoms with Crippen LogP contribution >= 0.6 is 0 Å². The molecule has 0 spiro atoms. The van der Waals surface area contributed by atoms with Crippen molar-refractivity contribution in [3.05, 3.63) is 0 Å². The number of nitrogens with zero attached hydrogens (tertiary/aromatic N) is 1. The van der Waals surface area contributed by atoms with Crippen LogP contribution in [0.5, 0.6) is 0 Å². The lowest BCUT2D eigenvalue weighted by atomic mass is 9.90. The van der Waals surface area contributed by atoms with Crippen LogP contribution in [0, 0.1) is 0 Å². The van der Waals surface area contributed by atoms with E-state index in [1.54, 1.807) is 0 Å². The van der Waals surface area contributed by atoms with E-state index in [1.807, 2.05) is 0 Å². The highest BCUT2D eigenvalue weighted by Gasteiger charge is 2.35. The molecule has 2 rings (SSSR count). The number of rotatable bonds is 3. The van der Waals surface area contributed by atoms with E-state index in [9.17, 15) is 14.7 Å². The van der Waals surface area contributed by atoms with Gasteiger partial charge in [-0.05, 0) is 12.8 Å². The Balaban J connectivity index is 1.99. The van der Waals surface area contributed by atoms with Crippen molar-refractivity contribution in [2.24, 2.45) is 5.10 Å². The Morgan fingerprint density at radius 3 is 2.72 bits per heavy atom. The zero-order valence-corrected chi connectivity index (χ0v) is 10.1. The molecule has 2 aliphatic heterocycles. The van der Waals surface area contributed by atoms with Gasteiger partial charge in [0.05, 0.1) is 12.1 Å². The lowest BCUT2D eigenvalue weighted by Crippen LogP contribution is -2.56. The lowest BCUT2D eigenvalue weighted by Gasteiger charge is -2.36. The molecule has 0 aromatic rings. The Bertz CT molecular complexity index is 374. The minimum absolute atomic E-state index is 0.123. The summed E-state index contributed by atoms with van der Waals surface area (Å²) in [6.07, 6.45) is 1.75. The second kappa shape index (κ2) is 5.45. The summed E-state index contributed by atoms with van der Waals surface area (Å²) >= 11 is 0. The van der Waals surface area contributed by atoms with E-state index in [-0.39, 0.29) is 24.8 Å². The first-order valence-electron chi connectivity index (χ1n) is 6.02. The van der Waals surface area contributed by atoms with Crippen molar-refractivity contribution in [3.63, 3.8) is 0 Å². The van der Waals surface area contributed by atoms with Crippen LogP contribution < -0.4 is 10.7 Å². The highest BCUT2D eigenvalue weighted by molar-refractivity contribution is 6.39. The maximum Gasteiger partial charge on any atom is 0.268 e. The Labute approximate surface area is 105 Å². The van der Waals surface area contributed by atoms with E-state index in [0.717, 1.165) is 0 Å². The minimum Gasteiger partial charge on any atom is -0.394 e. The van der Waals surface area contributed by atoms with Gasteiger partial charge in [-0.1, -0.05) is 0 Å². The molecule has 1 fully saturated rings. The van der Waals surface area contributed by atoms with Gasteiger partial charge in [-0.25, -0.2) is 5.43 Å². The van der Waals surface area contributed by atoms with Crippen molar-refractivity contribution in [3.8, 4) is 0 Å². The van der Waals surface area contributed by atoms with E-state index < -0.39 is 5.54 Å². The third-order valence-corrected chi connectivity index (χ3v) is 3.30. The molecule has 0 saturated carbocycles. The first-order valence-corrected chi connectivity index (χ1v) is 6.02. The van der Waals surface area contributed by atoms with Gasteiger partial charge < -0.3 is 15.2 Å². The molecule has 2 amide bonds. The van der Waals surface area contributed by atoms with Crippen LogP contribution in [0.1, 0.15) is 25.7 Å². The molecule has 0 aromatic heterocycles. The van der Waals surface area contributed by atoms with Gasteiger partial charge in [-0.2, -0.15) is 5.10 Å². The summed E-state index contributed by atoms with van der Waals surface area (Å²) in [6, 6.07) is 0. The maximum absolute atomic E-state index is 12.0. The Hall–Kier alpha value is -1.47. The monoisotopic (exact) mass is 255 g/mol. The quantitative estimate of drug-likeness (QED) is 0.596. The number of carbonyl (C=O) groups excluding carboxylic acids is 2. The fraction of sp³-hybridized carbons (Fsp3) is 0.727. The normalized spacial score (nSPS) is 22.9. The molecule has 100 valence electrons. The number of nitrogens with one attached hydrogen (secondary N) is 2. The molecule has 7 nitrogen and oxygen atoms in total. The molecular weight excluding hydrogens is 238 g/mol. The second-order valence-corrected chi connectivity index (χ2v) is 4.60. The van der Waals surface area contributed by atoms with Crippen LogP contribution in [-0.2, 0) is 14.3 Å².